The van der Waals surface area contributed by atoms with Crippen LogP contribution in [0.3, 0.4) is 0 Å². The summed E-state index contributed by atoms with van der Waals surface area (Å²) in [4.78, 5) is 0. The molecule has 1 unspecified atom stereocenters. The lowest BCUT2D eigenvalue weighted by Gasteiger charge is -1.64. The molecule has 0 aromatic carbocycles. The van der Waals surface area contributed by atoms with E-state index in [4.69, 9.17) is 5.21 Å². The summed E-state index contributed by atoms with van der Waals surface area (Å²) in [5, 5.41) is 8.89. The Morgan fingerprint density at radius 1 is 2.00 bits per heavy atom. The maximum absolute atomic E-state index is 7.89. The summed E-state index contributed by atoms with van der Waals surface area (Å²) in [5.74, 6) is 0. The van der Waals surface area contributed by atoms with Crippen LogP contribution in [0.2, 0.25) is 0 Å². The molecule has 1 fully saturated rings. The zero-order valence-corrected chi connectivity index (χ0v) is 2.10. The van der Waals surface area contributed by atoms with E-state index in [1.54, 1.807) is 0 Å². The number of rotatable bonds is 0. The fourth-order valence-electron chi connectivity index (χ4n) is 0.0316. The molecule has 2 N–H and O–H groups in total. The second-order valence-corrected chi connectivity index (χ2v) is 0.716. The number of nitrogens with zero attached hydrogens (tertiary/aromatic N) is 1. The lowest BCUT2D eigenvalue weighted by Crippen LogP contribution is -1.85. The summed E-state index contributed by atoms with van der Waals surface area (Å²) in [6.07, 6.45) is 0. The van der Waals surface area contributed by atoms with Crippen molar-refractivity contribution in [3.63, 3.8) is 0 Å². The quantitative estimate of drug-likeness (QED) is 0.358. The lowest BCUT2D eigenvalue weighted by atomic mass is 11.4. The number of hydrogen-bond donors (Lipinski definition) is 2. The molecule has 0 aromatic rings. The van der Waals surface area contributed by atoms with E-state index in [2.05, 4.69) is 5.43 Å². The molecule has 3 heteroatoms. The normalized spacial score (nSPS) is 39.8. The minimum atomic E-state index is 0.625. The van der Waals surface area contributed by atoms with E-state index in [1.165, 1.54) is 0 Å². The van der Waals surface area contributed by atoms with E-state index < -0.39 is 0 Å². The summed E-state index contributed by atoms with van der Waals surface area (Å²) in [7, 11) is 0. The van der Waals surface area contributed by atoms with Crippen LogP contribution in [0, 0.1) is 0 Å². The SMILES string of the molecule is ON1CN1. The van der Waals surface area contributed by atoms with Gasteiger partial charge in [-0.3, -0.25) is 5.21 Å². The van der Waals surface area contributed by atoms with Gasteiger partial charge >= 0.3 is 0 Å². The molecule has 1 heterocycles. The fourth-order valence-corrected chi connectivity index (χ4v) is 0.0316. The van der Waals surface area contributed by atoms with Crippen LogP contribution >= 0.6 is 0 Å². The molecule has 1 saturated heterocycles. The van der Waals surface area contributed by atoms with Crippen molar-refractivity contribution < 1.29 is 5.21 Å². The smallest absolute Gasteiger partial charge is 0.104 e. The highest BCUT2D eigenvalue weighted by Crippen LogP contribution is 1.79. The van der Waals surface area contributed by atoms with Crippen LogP contribution in [0.4, 0.5) is 0 Å². The van der Waals surface area contributed by atoms with Crippen molar-refractivity contribution in [2.75, 3.05) is 6.67 Å². The number of nitrogens with one attached hydrogen (secondary N) is 1. The molecular formula is CH4N2O. The van der Waals surface area contributed by atoms with Gasteiger partial charge in [0.15, 0.2) is 0 Å². The average Bonchev–Trinajstić information content (AvgIpc) is 1.75. The van der Waals surface area contributed by atoms with Gasteiger partial charge in [-0.2, -0.15) is 0 Å². The third-order valence-electron chi connectivity index (χ3n) is 0.300. The molecule has 0 saturated carbocycles. The number of hydrazine groups is 1. The highest BCUT2D eigenvalue weighted by molar-refractivity contribution is 4.38. The van der Waals surface area contributed by atoms with E-state index in [0.717, 1.165) is 5.17 Å². The van der Waals surface area contributed by atoms with Crippen LogP contribution in [-0.4, -0.2) is 17.0 Å². The predicted octanol–water partition coefficient (Wildman–Crippen LogP) is -0.847. The van der Waals surface area contributed by atoms with Gasteiger partial charge in [-0.1, -0.05) is 0 Å². The van der Waals surface area contributed by atoms with E-state index in [0.29, 0.717) is 6.67 Å². The van der Waals surface area contributed by atoms with Gasteiger partial charge in [0.1, 0.15) is 6.67 Å². The molecular weight excluding hydrogens is 56.0 g/mol. The Balaban J connectivity index is 2.17. The van der Waals surface area contributed by atoms with Gasteiger partial charge in [0, 0.05) is 0 Å². The zero-order chi connectivity index (χ0) is 2.99. The number of hydroxylamine groups is 1. The highest BCUT2D eigenvalue weighted by Gasteiger charge is 2.08. The van der Waals surface area contributed by atoms with Gasteiger partial charge in [-0.15, -0.1) is 5.17 Å². The largest absolute Gasteiger partial charge is 0.298 e. The van der Waals surface area contributed by atoms with Crippen molar-refractivity contribution in [3.8, 4) is 0 Å². The van der Waals surface area contributed by atoms with Crippen molar-refractivity contribution in [3.05, 3.63) is 0 Å². The molecule has 0 radical (unpaired) electrons. The molecule has 1 aliphatic heterocycles. The van der Waals surface area contributed by atoms with Crippen molar-refractivity contribution >= 4 is 0 Å². The predicted molar refractivity (Wildman–Crippen MR) is 11.6 cm³/mol. The Morgan fingerprint density at radius 2 is 2.25 bits per heavy atom. The minimum Gasteiger partial charge on any atom is -0.298 e. The van der Waals surface area contributed by atoms with E-state index in [-0.39, 0.29) is 0 Å². The molecule has 4 heavy (non-hydrogen) atoms. The second-order valence-electron chi connectivity index (χ2n) is 0.716. The molecule has 0 amide bonds. The molecule has 1 aliphatic rings. The topological polar surface area (TPSA) is 45.2 Å². The molecule has 0 spiro atoms. The van der Waals surface area contributed by atoms with Crippen LogP contribution in [0.1, 0.15) is 0 Å². The monoisotopic (exact) mass is 60.0 g/mol. The maximum Gasteiger partial charge on any atom is 0.104 e. The number of hydrogen-bond acceptors (Lipinski definition) is 3. The molecule has 1 rings (SSSR count). The molecule has 24 valence electrons. The maximum atomic E-state index is 7.89. The standard InChI is InChI=1S/CH4N2O/c4-3-1-2-3/h2,4H,1H2. The summed E-state index contributed by atoms with van der Waals surface area (Å²) in [5.41, 5.74) is 2.49. The first-order valence-corrected chi connectivity index (χ1v) is 1.09. The van der Waals surface area contributed by atoms with Gasteiger partial charge in [0.2, 0.25) is 0 Å². The van der Waals surface area contributed by atoms with Crippen molar-refractivity contribution in [2.24, 2.45) is 0 Å². The third-order valence-corrected chi connectivity index (χ3v) is 0.300. The van der Waals surface area contributed by atoms with Crippen LogP contribution in [0.15, 0.2) is 0 Å². The molecule has 3 nitrogen and oxygen atoms in total. The second kappa shape index (κ2) is 0.427. The summed E-state index contributed by atoms with van der Waals surface area (Å²) < 4.78 is 0. The van der Waals surface area contributed by atoms with E-state index >= 15 is 0 Å². The highest BCUT2D eigenvalue weighted by atomic mass is 16.6. The zero-order valence-electron chi connectivity index (χ0n) is 2.10. The van der Waals surface area contributed by atoms with Crippen molar-refractivity contribution in [1.82, 2.24) is 10.6 Å². The van der Waals surface area contributed by atoms with E-state index in [1.807, 2.05) is 0 Å². The first kappa shape index (κ1) is 2.14. The van der Waals surface area contributed by atoms with E-state index in [9.17, 15) is 0 Å². The van der Waals surface area contributed by atoms with Crippen molar-refractivity contribution in [1.29, 1.82) is 0 Å². The first-order chi connectivity index (χ1) is 1.89. The van der Waals surface area contributed by atoms with Crippen LogP contribution in [-0.2, 0) is 0 Å². The Morgan fingerprint density at radius 3 is 2.25 bits per heavy atom. The van der Waals surface area contributed by atoms with Gasteiger partial charge in [0.25, 0.3) is 0 Å². The van der Waals surface area contributed by atoms with Crippen LogP contribution < -0.4 is 5.43 Å². The van der Waals surface area contributed by atoms with Crippen molar-refractivity contribution in [2.45, 2.75) is 0 Å². The Hall–Kier alpha value is -0.120. The van der Waals surface area contributed by atoms with Gasteiger partial charge < -0.3 is 0 Å². The minimum absolute atomic E-state index is 0.625. The molecule has 1 atom stereocenters. The summed E-state index contributed by atoms with van der Waals surface area (Å²) in [6.45, 7) is 0.625. The molecule has 0 bridgehead atoms. The Labute approximate surface area is 23.8 Å². The third kappa shape index (κ3) is 0.176. The van der Waals surface area contributed by atoms with Gasteiger partial charge in [-0.25, -0.2) is 5.43 Å². The van der Waals surface area contributed by atoms with Gasteiger partial charge in [0.05, 0.1) is 0 Å². The Kier molecular flexibility index (Phi) is 0.228. The molecule has 0 aromatic heterocycles. The van der Waals surface area contributed by atoms with Crippen LogP contribution in [0.25, 0.3) is 0 Å². The summed E-state index contributed by atoms with van der Waals surface area (Å²) in [6, 6.07) is 0. The fraction of sp³-hybridized carbons (Fsp3) is 1.00. The first-order valence-electron chi connectivity index (χ1n) is 1.09. The summed E-state index contributed by atoms with van der Waals surface area (Å²) >= 11 is 0. The average molecular weight is 60.1 g/mol. The van der Waals surface area contributed by atoms with Crippen LogP contribution in [0.5, 0.6) is 0 Å². The lowest BCUT2D eigenvalue weighted by molar-refractivity contribution is 0.0147. The van der Waals surface area contributed by atoms with Gasteiger partial charge in [-0.05, 0) is 0 Å². The Bertz CT molecular complexity index is 25.2. The molecule has 0 aliphatic carbocycles.